The zero-order valence-electron chi connectivity index (χ0n) is 11.3. The standard InChI is InChI=1S/C13H19Cl2FN2O/c1-8(17-6-9(19)7-18(2)3)10-4-13(16)12(15)5-11(10)14/h4-5,8-9,17,19H,6-7H2,1-3H3. The van der Waals surface area contributed by atoms with Crippen molar-refractivity contribution < 1.29 is 9.50 Å². The highest BCUT2D eigenvalue weighted by atomic mass is 35.5. The van der Waals surface area contributed by atoms with Gasteiger partial charge in [0, 0.05) is 24.2 Å². The van der Waals surface area contributed by atoms with Gasteiger partial charge in [-0.2, -0.15) is 0 Å². The number of likely N-dealkylation sites (N-methyl/N-ethyl adjacent to an activating group) is 1. The van der Waals surface area contributed by atoms with Crippen LogP contribution < -0.4 is 5.32 Å². The van der Waals surface area contributed by atoms with Crippen molar-refractivity contribution >= 4 is 23.2 Å². The fourth-order valence-corrected chi connectivity index (χ4v) is 2.33. The van der Waals surface area contributed by atoms with Crippen molar-refractivity contribution in [1.29, 1.82) is 0 Å². The molecule has 1 rings (SSSR count). The van der Waals surface area contributed by atoms with E-state index in [9.17, 15) is 9.50 Å². The first-order valence-electron chi connectivity index (χ1n) is 6.02. The number of hydrogen-bond acceptors (Lipinski definition) is 3. The van der Waals surface area contributed by atoms with Gasteiger partial charge in [-0.1, -0.05) is 23.2 Å². The van der Waals surface area contributed by atoms with Gasteiger partial charge < -0.3 is 15.3 Å². The summed E-state index contributed by atoms with van der Waals surface area (Å²) in [4.78, 5) is 1.89. The van der Waals surface area contributed by atoms with Gasteiger partial charge in [0.2, 0.25) is 0 Å². The topological polar surface area (TPSA) is 35.5 Å². The third kappa shape index (κ3) is 5.24. The van der Waals surface area contributed by atoms with E-state index >= 15 is 0 Å². The minimum Gasteiger partial charge on any atom is -0.390 e. The summed E-state index contributed by atoms with van der Waals surface area (Å²) in [7, 11) is 3.77. The van der Waals surface area contributed by atoms with Gasteiger partial charge in [0.25, 0.3) is 0 Å². The molecule has 0 aromatic heterocycles. The molecule has 0 saturated heterocycles. The lowest BCUT2D eigenvalue weighted by Crippen LogP contribution is -2.36. The zero-order chi connectivity index (χ0) is 14.6. The molecular weight excluding hydrogens is 290 g/mol. The van der Waals surface area contributed by atoms with E-state index in [0.717, 1.165) is 0 Å². The van der Waals surface area contributed by atoms with Crippen LogP contribution in [0.25, 0.3) is 0 Å². The van der Waals surface area contributed by atoms with E-state index in [-0.39, 0.29) is 11.1 Å². The highest BCUT2D eigenvalue weighted by Crippen LogP contribution is 2.28. The van der Waals surface area contributed by atoms with Gasteiger partial charge in [-0.3, -0.25) is 0 Å². The number of rotatable bonds is 6. The highest BCUT2D eigenvalue weighted by molar-refractivity contribution is 6.35. The van der Waals surface area contributed by atoms with E-state index in [1.807, 2.05) is 25.9 Å². The Morgan fingerprint density at radius 2 is 1.95 bits per heavy atom. The molecule has 6 heteroatoms. The summed E-state index contributed by atoms with van der Waals surface area (Å²) in [6.45, 7) is 2.82. The summed E-state index contributed by atoms with van der Waals surface area (Å²) < 4.78 is 13.4. The van der Waals surface area contributed by atoms with E-state index in [4.69, 9.17) is 23.2 Å². The fraction of sp³-hybridized carbons (Fsp3) is 0.538. The van der Waals surface area contributed by atoms with Crippen LogP contribution in [0.4, 0.5) is 4.39 Å². The summed E-state index contributed by atoms with van der Waals surface area (Å²) >= 11 is 11.7. The first kappa shape index (κ1) is 16.7. The molecule has 3 nitrogen and oxygen atoms in total. The second kappa shape index (κ2) is 7.41. The minimum atomic E-state index is -0.497. The van der Waals surface area contributed by atoms with Crippen molar-refractivity contribution in [1.82, 2.24) is 10.2 Å². The average Bonchev–Trinajstić information content (AvgIpc) is 2.30. The molecular formula is C13H19Cl2FN2O. The van der Waals surface area contributed by atoms with E-state index in [2.05, 4.69) is 5.32 Å². The maximum absolute atomic E-state index is 13.4. The SMILES string of the molecule is CC(NCC(O)CN(C)C)c1cc(F)c(Cl)cc1Cl. The van der Waals surface area contributed by atoms with Crippen LogP contribution in [0.15, 0.2) is 12.1 Å². The molecule has 108 valence electrons. The van der Waals surface area contributed by atoms with E-state index in [1.54, 1.807) is 0 Å². The Kier molecular flexibility index (Phi) is 6.50. The third-order valence-electron chi connectivity index (χ3n) is 2.74. The summed E-state index contributed by atoms with van der Waals surface area (Å²) in [5.74, 6) is -0.497. The Morgan fingerprint density at radius 3 is 2.53 bits per heavy atom. The largest absolute Gasteiger partial charge is 0.390 e. The van der Waals surface area contributed by atoms with Gasteiger partial charge in [-0.25, -0.2) is 4.39 Å². The first-order chi connectivity index (χ1) is 8.81. The number of nitrogens with one attached hydrogen (secondary N) is 1. The average molecular weight is 309 g/mol. The Labute approximate surface area is 123 Å². The van der Waals surface area contributed by atoms with E-state index in [0.29, 0.717) is 23.7 Å². The maximum Gasteiger partial charge on any atom is 0.142 e. The molecule has 0 aliphatic carbocycles. The van der Waals surface area contributed by atoms with Crippen molar-refractivity contribution in [2.45, 2.75) is 19.1 Å². The Hall–Kier alpha value is -0.390. The molecule has 1 aromatic rings. The molecule has 19 heavy (non-hydrogen) atoms. The van der Waals surface area contributed by atoms with Crippen LogP contribution in [0.1, 0.15) is 18.5 Å². The smallest absolute Gasteiger partial charge is 0.142 e. The van der Waals surface area contributed by atoms with Crippen molar-refractivity contribution in [3.63, 3.8) is 0 Å². The molecule has 0 saturated carbocycles. The van der Waals surface area contributed by atoms with Crippen LogP contribution in [0.3, 0.4) is 0 Å². The van der Waals surface area contributed by atoms with Gasteiger partial charge >= 0.3 is 0 Å². The van der Waals surface area contributed by atoms with E-state index < -0.39 is 11.9 Å². The minimum absolute atomic E-state index is 0.00796. The van der Waals surface area contributed by atoms with Crippen LogP contribution >= 0.6 is 23.2 Å². The third-order valence-corrected chi connectivity index (χ3v) is 3.36. The normalized spacial score (nSPS) is 14.7. The predicted octanol–water partition coefficient (Wildman–Crippen LogP) is 2.71. The lowest BCUT2D eigenvalue weighted by Gasteiger charge is -2.20. The number of halogens is 3. The van der Waals surface area contributed by atoms with Crippen molar-refractivity contribution in [2.75, 3.05) is 27.2 Å². The number of aliphatic hydroxyl groups is 1. The van der Waals surface area contributed by atoms with Crippen molar-refractivity contribution in [3.8, 4) is 0 Å². The monoisotopic (exact) mass is 308 g/mol. The summed E-state index contributed by atoms with van der Waals surface area (Å²) in [6, 6.07) is 2.54. The predicted molar refractivity (Wildman–Crippen MR) is 77.4 cm³/mol. The Balaban J connectivity index is 2.63. The van der Waals surface area contributed by atoms with Crippen molar-refractivity contribution in [2.24, 2.45) is 0 Å². The second-order valence-corrected chi connectivity index (χ2v) is 5.65. The molecule has 0 spiro atoms. The van der Waals surface area contributed by atoms with Crippen LogP contribution in [0.5, 0.6) is 0 Å². The molecule has 0 radical (unpaired) electrons. The molecule has 0 heterocycles. The number of hydrogen-bond donors (Lipinski definition) is 2. The summed E-state index contributed by atoms with van der Waals surface area (Å²) in [5, 5.41) is 13.3. The number of aliphatic hydroxyl groups excluding tert-OH is 1. The van der Waals surface area contributed by atoms with Gasteiger partial charge in [-0.05, 0) is 38.7 Å². The number of nitrogens with zero attached hydrogens (tertiary/aromatic N) is 1. The van der Waals surface area contributed by atoms with Crippen LogP contribution in [0.2, 0.25) is 10.0 Å². The lowest BCUT2D eigenvalue weighted by molar-refractivity contribution is 0.132. The van der Waals surface area contributed by atoms with Gasteiger partial charge in [0.1, 0.15) is 5.82 Å². The Morgan fingerprint density at radius 1 is 1.32 bits per heavy atom. The van der Waals surface area contributed by atoms with Crippen LogP contribution in [-0.2, 0) is 0 Å². The fourth-order valence-electron chi connectivity index (χ4n) is 1.78. The Bertz CT molecular complexity index is 429. The molecule has 0 amide bonds. The van der Waals surface area contributed by atoms with Gasteiger partial charge in [0.05, 0.1) is 11.1 Å². The van der Waals surface area contributed by atoms with Crippen LogP contribution in [0, 0.1) is 5.82 Å². The summed E-state index contributed by atoms with van der Waals surface area (Å²) in [6.07, 6.45) is -0.492. The van der Waals surface area contributed by atoms with E-state index in [1.165, 1.54) is 12.1 Å². The summed E-state index contributed by atoms with van der Waals surface area (Å²) in [5.41, 5.74) is 0.626. The molecule has 2 unspecified atom stereocenters. The van der Waals surface area contributed by atoms with Crippen LogP contribution in [-0.4, -0.2) is 43.3 Å². The number of benzene rings is 1. The van der Waals surface area contributed by atoms with Gasteiger partial charge in [-0.15, -0.1) is 0 Å². The molecule has 2 N–H and O–H groups in total. The van der Waals surface area contributed by atoms with Gasteiger partial charge in [0.15, 0.2) is 0 Å². The second-order valence-electron chi connectivity index (χ2n) is 4.83. The molecule has 0 fully saturated rings. The van der Waals surface area contributed by atoms with Crippen molar-refractivity contribution in [3.05, 3.63) is 33.6 Å². The maximum atomic E-state index is 13.4. The zero-order valence-corrected chi connectivity index (χ0v) is 12.8. The molecule has 0 aliphatic rings. The molecule has 2 atom stereocenters. The lowest BCUT2D eigenvalue weighted by atomic mass is 10.1. The molecule has 0 bridgehead atoms. The highest BCUT2D eigenvalue weighted by Gasteiger charge is 2.14. The quantitative estimate of drug-likeness (QED) is 0.793. The first-order valence-corrected chi connectivity index (χ1v) is 6.77. The molecule has 1 aromatic carbocycles. The molecule has 0 aliphatic heterocycles.